The van der Waals surface area contributed by atoms with Gasteiger partial charge >= 0.3 is 0 Å². The molecule has 1 rings (SSSR count). The summed E-state index contributed by atoms with van der Waals surface area (Å²) in [4.78, 5) is 0. The maximum Gasteiger partial charge on any atom is 0.123 e. The highest BCUT2D eigenvalue weighted by Crippen LogP contribution is 2.29. The molecule has 1 N–H and O–H groups in total. The first-order valence-electron chi connectivity index (χ1n) is 7.04. The van der Waals surface area contributed by atoms with Crippen LogP contribution in [0.4, 0.5) is 0 Å². The molecule has 2 heteroatoms. The molecule has 0 amide bonds. The summed E-state index contributed by atoms with van der Waals surface area (Å²) >= 11 is 0. The molecule has 0 saturated carbocycles. The van der Waals surface area contributed by atoms with E-state index in [1.807, 2.05) is 7.05 Å². The molecular weight excluding hydrogens is 222 g/mol. The highest BCUT2D eigenvalue weighted by molar-refractivity contribution is 5.39. The third-order valence-corrected chi connectivity index (χ3v) is 3.46. The molecule has 0 aliphatic rings. The Morgan fingerprint density at radius 3 is 2.61 bits per heavy atom. The largest absolute Gasteiger partial charge is 0.496 e. The summed E-state index contributed by atoms with van der Waals surface area (Å²) in [5.41, 5.74) is 2.53. The van der Waals surface area contributed by atoms with Crippen molar-refractivity contribution >= 4 is 0 Å². The number of methoxy groups -OCH3 is 1. The van der Waals surface area contributed by atoms with E-state index >= 15 is 0 Å². The monoisotopic (exact) mass is 249 g/mol. The second-order valence-electron chi connectivity index (χ2n) is 4.94. The van der Waals surface area contributed by atoms with Crippen LogP contribution in [0, 0.1) is 6.92 Å². The van der Waals surface area contributed by atoms with Gasteiger partial charge in [-0.3, -0.25) is 0 Å². The summed E-state index contributed by atoms with van der Waals surface area (Å²) in [6.45, 7) is 4.35. The summed E-state index contributed by atoms with van der Waals surface area (Å²) in [7, 11) is 3.78. The maximum atomic E-state index is 5.50. The van der Waals surface area contributed by atoms with E-state index in [1.165, 1.54) is 43.2 Å². The Morgan fingerprint density at radius 2 is 2.00 bits per heavy atom. The second-order valence-corrected chi connectivity index (χ2v) is 4.94. The number of ether oxygens (including phenoxy) is 1. The van der Waals surface area contributed by atoms with E-state index in [2.05, 4.69) is 37.4 Å². The molecule has 2 nitrogen and oxygen atoms in total. The van der Waals surface area contributed by atoms with Gasteiger partial charge < -0.3 is 10.1 Å². The lowest BCUT2D eigenvalue weighted by atomic mass is 9.98. The first kappa shape index (κ1) is 15.0. The average molecular weight is 249 g/mol. The Labute approximate surface area is 112 Å². The van der Waals surface area contributed by atoms with Crippen LogP contribution in [0.5, 0.6) is 5.75 Å². The summed E-state index contributed by atoms with van der Waals surface area (Å²) < 4.78 is 5.50. The molecule has 0 heterocycles. The van der Waals surface area contributed by atoms with Crippen molar-refractivity contribution in [2.75, 3.05) is 14.2 Å². The van der Waals surface area contributed by atoms with Gasteiger partial charge in [-0.25, -0.2) is 0 Å². The smallest absolute Gasteiger partial charge is 0.123 e. The van der Waals surface area contributed by atoms with Crippen LogP contribution in [0.25, 0.3) is 0 Å². The summed E-state index contributed by atoms with van der Waals surface area (Å²) in [5.74, 6) is 1.00. The predicted octanol–water partition coefficient (Wildman–Crippen LogP) is 4.23. The zero-order valence-electron chi connectivity index (χ0n) is 12.3. The van der Waals surface area contributed by atoms with Crippen LogP contribution in [0.2, 0.25) is 0 Å². The highest BCUT2D eigenvalue weighted by atomic mass is 16.5. The van der Waals surface area contributed by atoms with Gasteiger partial charge in [0, 0.05) is 11.6 Å². The molecule has 1 aromatic rings. The lowest BCUT2D eigenvalue weighted by Crippen LogP contribution is -2.17. The minimum atomic E-state index is 0.400. The van der Waals surface area contributed by atoms with Crippen LogP contribution in [0.1, 0.15) is 56.2 Å². The van der Waals surface area contributed by atoms with Gasteiger partial charge in [-0.05, 0) is 32.0 Å². The fraction of sp³-hybridized carbons (Fsp3) is 0.625. The SMILES string of the molecule is CCCCCCC(NC)c1ccc(C)cc1OC. The molecule has 0 aromatic heterocycles. The molecule has 0 saturated heterocycles. The molecular formula is C16H27NO. The van der Waals surface area contributed by atoms with E-state index in [-0.39, 0.29) is 0 Å². The number of hydrogen-bond acceptors (Lipinski definition) is 2. The molecule has 0 aliphatic heterocycles. The fourth-order valence-electron chi connectivity index (χ4n) is 2.34. The quantitative estimate of drug-likeness (QED) is 0.696. The van der Waals surface area contributed by atoms with Crippen molar-refractivity contribution in [3.8, 4) is 5.75 Å². The Morgan fingerprint density at radius 1 is 1.22 bits per heavy atom. The highest BCUT2D eigenvalue weighted by Gasteiger charge is 2.13. The Hall–Kier alpha value is -1.02. The third kappa shape index (κ3) is 4.34. The summed E-state index contributed by atoms with van der Waals surface area (Å²) in [5, 5.41) is 3.41. The van der Waals surface area contributed by atoms with Gasteiger partial charge in [-0.15, -0.1) is 0 Å². The van der Waals surface area contributed by atoms with Crippen LogP contribution < -0.4 is 10.1 Å². The maximum absolute atomic E-state index is 5.50. The molecule has 1 unspecified atom stereocenters. The predicted molar refractivity (Wildman–Crippen MR) is 78.3 cm³/mol. The molecule has 1 atom stereocenters. The molecule has 1 aromatic carbocycles. The topological polar surface area (TPSA) is 21.3 Å². The van der Waals surface area contributed by atoms with Crippen molar-refractivity contribution in [2.24, 2.45) is 0 Å². The van der Waals surface area contributed by atoms with Gasteiger partial charge in [0.15, 0.2) is 0 Å². The first-order chi connectivity index (χ1) is 8.72. The molecule has 18 heavy (non-hydrogen) atoms. The molecule has 0 radical (unpaired) electrons. The fourth-order valence-corrected chi connectivity index (χ4v) is 2.34. The van der Waals surface area contributed by atoms with E-state index in [0.29, 0.717) is 6.04 Å². The number of benzene rings is 1. The lowest BCUT2D eigenvalue weighted by Gasteiger charge is -2.19. The Kier molecular flexibility index (Phi) is 6.81. The standard InChI is InChI=1S/C16H27NO/c1-5-6-7-8-9-15(17-3)14-11-10-13(2)12-16(14)18-4/h10-12,15,17H,5-9H2,1-4H3. The zero-order chi connectivity index (χ0) is 13.4. The van der Waals surface area contributed by atoms with Crippen LogP contribution >= 0.6 is 0 Å². The molecule has 0 spiro atoms. The number of rotatable bonds is 8. The lowest BCUT2D eigenvalue weighted by molar-refractivity contribution is 0.396. The van der Waals surface area contributed by atoms with Crippen LogP contribution in [-0.4, -0.2) is 14.2 Å². The van der Waals surface area contributed by atoms with Gasteiger partial charge in [0.1, 0.15) is 5.75 Å². The Balaban J connectivity index is 2.69. The van der Waals surface area contributed by atoms with Crippen LogP contribution in [0.3, 0.4) is 0 Å². The van der Waals surface area contributed by atoms with E-state index < -0.39 is 0 Å². The van der Waals surface area contributed by atoms with Gasteiger partial charge in [0.25, 0.3) is 0 Å². The number of hydrogen-bond donors (Lipinski definition) is 1. The second kappa shape index (κ2) is 8.15. The first-order valence-corrected chi connectivity index (χ1v) is 7.04. The molecule has 0 bridgehead atoms. The van der Waals surface area contributed by atoms with E-state index in [9.17, 15) is 0 Å². The summed E-state index contributed by atoms with van der Waals surface area (Å²) in [6, 6.07) is 6.87. The minimum absolute atomic E-state index is 0.400. The van der Waals surface area contributed by atoms with Crippen molar-refractivity contribution in [1.82, 2.24) is 5.32 Å². The number of unbranched alkanes of at least 4 members (excludes halogenated alkanes) is 3. The van der Waals surface area contributed by atoms with Crippen LogP contribution in [-0.2, 0) is 0 Å². The van der Waals surface area contributed by atoms with E-state index in [1.54, 1.807) is 7.11 Å². The molecule has 102 valence electrons. The van der Waals surface area contributed by atoms with Crippen molar-refractivity contribution < 1.29 is 4.74 Å². The van der Waals surface area contributed by atoms with Crippen molar-refractivity contribution in [1.29, 1.82) is 0 Å². The van der Waals surface area contributed by atoms with E-state index in [4.69, 9.17) is 4.74 Å². The minimum Gasteiger partial charge on any atom is -0.496 e. The normalized spacial score (nSPS) is 12.4. The van der Waals surface area contributed by atoms with Crippen molar-refractivity contribution in [2.45, 2.75) is 52.0 Å². The Bertz CT molecular complexity index is 349. The number of aryl methyl sites for hydroxylation is 1. The van der Waals surface area contributed by atoms with Gasteiger partial charge in [0.05, 0.1) is 7.11 Å². The van der Waals surface area contributed by atoms with Gasteiger partial charge in [0.2, 0.25) is 0 Å². The van der Waals surface area contributed by atoms with Gasteiger partial charge in [-0.2, -0.15) is 0 Å². The van der Waals surface area contributed by atoms with Crippen LogP contribution in [0.15, 0.2) is 18.2 Å². The number of nitrogens with one attached hydrogen (secondary N) is 1. The van der Waals surface area contributed by atoms with Crippen molar-refractivity contribution in [3.63, 3.8) is 0 Å². The van der Waals surface area contributed by atoms with E-state index in [0.717, 1.165) is 5.75 Å². The molecule has 0 aliphatic carbocycles. The van der Waals surface area contributed by atoms with Crippen molar-refractivity contribution in [3.05, 3.63) is 29.3 Å². The molecule has 0 fully saturated rings. The summed E-state index contributed by atoms with van der Waals surface area (Å²) in [6.07, 6.45) is 6.40. The zero-order valence-corrected chi connectivity index (χ0v) is 12.3. The average Bonchev–Trinajstić information content (AvgIpc) is 2.39. The third-order valence-electron chi connectivity index (χ3n) is 3.46. The van der Waals surface area contributed by atoms with Gasteiger partial charge in [-0.1, -0.05) is 44.7 Å².